The van der Waals surface area contributed by atoms with Gasteiger partial charge >= 0.3 is 0 Å². The third-order valence-electron chi connectivity index (χ3n) is 2.63. The molecule has 1 aromatic heterocycles. The maximum atomic E-state index is 13.7. The number of benzene rings is 1. The Bertz CT molecular complexity index is 529. The zero-order chi connectivity index (χ0) is 13.2. The van der Waals surface area contributed by atoms with Crippen LogP contribution in [0.4, 0.5) is 13.2 Å². The number of hydrogen-bond donors (Lipinski definition) is 1. The van der Waals surface area contributed by atoms with Crippen molar-refractivity contribution in [2.75, 3.05) is 0 Å². The van der Waals surface area contributed by atoms with Crippen LogP contribution in [0.15, 0.2) is 6.20 Å². The maximum absolute atomic E-state index is 13.7. The summed E-state index contributed by atoms with van der Waals surface area (Å²) in [4.78, 5) is 2.56. The van der Waals surface area contributed by atoms with Crippen molar-refractivity contribution in [2.24, 2.45) is 0 Å². The van der Waals surface area contributed by atoms with Crippen molar-refractivity contribution in [3.63, 3.8) is 0 Å². The Kier molecular flexibility index (Phi) is 4.21. The molecule has 17 heavy (non-hydrogen) atoms. The Morgan fingerprint density at radius 2 is 1.65 bits per heavy atom. The predicted octanol–water partition coefficient (Wildman–Crippen LogP) is 4.48. The molecular weight excluding hydrogens is 227 g/mol. The van der Waals surface area contributed by atoms with Crippen LogP contribution < -0.4 is 0 Å². The molecule has 4 heteroatoms. The molecule has 2 aromatic rings. The first kappa shape index (κ1) is 13.6. The number of nitrogens with one attached hydrogen (secondary N) is 1. The molecule has 0 aliphatic heterocycles. The molecule has 0 amide bonds. The van der Waals surface area contributed by atoms with Crippen molar-refractivity contribution in [2.45, 2.75) is 34.1 Å². The number of hydrogen-bond acceptors (Lipinski definition) is 0. The van der Waals surface area contributed by atoms with Gasteiger partial charge in [-0.15, -0.1) is 0 Å². The van der Waals surface area contributed by atoms with E-state index in [1.165, 1.54) is 13.1 Å². The third-order valence-corrected chi connectivity index (χ3v) is 2.63. The van der Waals surface area contributed by atoms with Crippen LogP contribution in [0.2, 0.25) is 0 Å². The highest BCUT2D eigenvalue weighted by Crippen LogP contribution is 2.29. The van der Waals surface area contributed by atoms with Crippen LogP contribution in [0.25, 0.3) is 10.9 Å². The summed E-state index contributed by atoms with van der Waals surface area (Å²) in [5.41, 5.74) is 0.297. The molecule has 1 N–H and O–H groups in total. The van der Waals surface area contributed by atoms with Gasteiger partial charge in [0, 0.05) is 17.1 Å². The van der Waals surface area contributed by atoms with Gasteiger partial charge in [0.25, 0.3) is 0 Å². The van der Waals surface area contributed by atoms with E-state index in [0.29, 0.717) is 12.0 Å². The Morgan fingerprint density at radius 1 is 1.06 bits per heavy atom. The summed E-state index contributed by atoms with van der Waals surface area (Å²) >= 11 is 0. The molecule has 2 rings (SSSR count). The lowest BCUT2D eigenvalue weighted by molar-refractivity contribution is 0.496. The summed E-state index contributed by atoms with van der Waals surface area (Å²) in [5.74, 6) is -2.81. The Hall–Kier alpha value is -1.45. The van der Waals surface area contributed by atoms with E-state index in [1.807, 2.05) is 20.8 Å². The van der Waals surface area contributed by atoms with E-state index in [4.69, 9.17) is 0 Å². The normalized spacial score (nSPS) is 10.3. The quantitative estimate of drug-likeness (QED) is 0.711. The van der Waals surface area contributed by atoms with Gasteiger partial charge in [-0.2, -0.15) is 0 Å². The van der Waals surface area contributed by atoms with Crippen molar-refractivity contribution in [3.8, 4) is 0 Å². The fourth-order valence-electron chi connectivity index (χ4n) is 1.73. The second kappa shape index (κ2) is 5.25. The van der Waals surface area contributed by atoms with Gasteiger partial charge in [-0.3, -0.25) is 0 Å². The second-order valence-electron chi connectivity index (χ2n) is 3.48. The van der Waals surface area contributed by atoms with Gasteiger partial charge in [0.15, 0.2) is 11.6 Å². The van der Waals surface area contributed by atoms with Crippen LogP contribution in [0.1, 0.15) is 31.9 Å². The van der Waals surface area contributed by atoms with Crippen molar-refractivity contribution < 1.29 is 13.2 Å². The van der Waals surface area contributed by atoms with Crippen molar-refractivity contribution in [3.05, 3.63) is 34.8 Å². The number of fused-ring (bicyclic) bond motifs is 1. The average Bonchev–Trinajstić information content (AvgIpc) is 2.80. The summed E-state index contributed by atoms with van der Waals surface area (Å²) in [7, 11) is 0. The van der Waals surface area contributed by atoms with E-state index in [2.05, 4.69) is 4.98 Å². The molecule has 0 saturated carbocycles. The predicted molar refractivity (Wildman–Crippen MR) is 63.6 cm³/mol. The van der Waals surface area contributed by atoms with Crippen LogP contribution in [0, 0.1) is 24.4 Å². The minimum absolute atomic E-state index is 0.0903. The van der Waals surface area contributed by atoms with Gasteiger partial charge in [0.1, 0.15) is 5.82 Å². The second-order valence-corrected chi connectivity index (χ2v) is 3.48. The lowest BCUT2D eigenvalue weighted by atomic mass is 10.1. The van der Waals surface area contributed by atoms with E-state index >= 15 is 0 Å². The largest absolute Gasteiger partial charge is 0.358 e. The summed E-state index contributed by atoms with van der Waals surface area (Å²) in [6, 6.07) is 0. The molecule has 0 aliphatic rings. The molecule has 0 radical (unpaired) electrons. The molecule has 0 spiro atoms. The fraction of sp³-hybridized carbons (Fsp3) is 0.385. The Morgan fingerprint density at radius 3 is 2.18 bits per heavy atom. The number of rotatable bonds is 1. The minimum Gasteiger partial charge on any atom is -0.358 e. The fourth-order valence-corrected chi connectivity index (χ4v) is 1.73. The van der Waals surface area contributed by atoms with Crippen molar-refractivity contribution in [1.29, 1.82) is 0 Å². The van der Waals surface area contributed by atoms with E-state index < -0.39 is 17.5 Å². The first-order valence-corrected chi connectivity index (χ1v) is 5.70. The van der Waals surface area contributed by atoms with Gasteiger partial charge < -0.3 is 4.98 Å². The van der Waals surface area contributed by atoms with Crippen molar-refractivity contribution in [1.82, 2.24) is 4.98 Å². The zero-order valence-corrected chi connectivity index (χ0v) is 10.4. The first-order chi connectivity index (χ1) is 8.07. The highest BCUT2D eigenvalue weighted by molar-refractivity contribution is 5.85. The number of aromatic amines is 1. The van der Waals surface area contributed by atoms with E-state index in [-0.39, 0.29) is 16.5 Å². The third kappa shape index (κ3) is 2.04. The van der Waals surface area contributed by atoms with Gasteiger partial charge in [-0.1, -0.05) is 20.8 Å². The monoisotopic (exact) mass is 243 g/mol. The molecular formula is C13H16F3N. The minimum atomic E-state index is -1.12. The van der Waals surface area contributed by atoms with Crippen LogP contribution >= 0.6 is 0 Å². The van der Waals surface area contributed by atoms with E-state index in [0.717, 1.165) is 0 Å². The molecule has 94 valence electrons. The standard InChI is InChI=1S/C11H10F3N.C2H6/c1-3-6-4-15-11-7(6)8(12)5(2)9(13)10(11)14;1-2/h4,15H,3H2,1-2H3;1-2H3. The van der Waals surface area contributed by atoms with Crippen LogP contribution in [-0.2, 0) is 6.42 Å². The zero-order valence-electron chi connectivity index (χ0n) is 10.4. The molecule has 1 aromatic carbocycles. The highest BCUT2D eigenvalue weighted by atomic mass is 19.2. The molecule has 0 fully saturated rings. The van der Waals surface area contributed by atoms with E-state index in [1.54, 1.807) is 0 Å². The molecule has 1 nitrogen and oxygen atoms in total. The number of H-pyrrole nitrogens is 1. The van der Waals surface area contributed by atoms with Gasteiger partial charge in [-0.05, 0) is 18.9 Å². The lowest BCUT2D eigenvalue weighted by Gasteiger charge is -2.03. The molecule has 1 heterocycles. The lowest BCUT2D eigenvalue weighted by Crippen LogP contribution is -1.96. The number of aryl methyl sites for hydroxylation is 1. The van der Waals surface area contributed by atoms with Gasteiger partial charge in [0.2, 0.25) is 0 Å². The Labute approximate surface area is 98.6 Å². The Balaban J connectivity index is 0.000000686. The SMILES string of the molecule is CC.CCc1c[nH]c2c(F)c(F)c(C)c(F)c12. The molecule has 0 bridgehead atoms. The van der Waals surface area contributed by atoms with Gasteiger partial charge in [0.05, 0.1) is 5.52 Å². The highest BCUT2D eigenvalue weighted by Gasteiger charge is 2.20. The average molecular weight is 243 g/mol. The number of aromatic nitrogens is 1. The van der Waals surface area contributed by atoms with Crippen molar-refractivity contribution >= 4 is 10.9 Å². The summed E-state index contributed by atoms with van der Waals surface area (Å²) in [6.45, 7) is 7.07. The summed E-state index contributed by atoms with van der Waals surface area (Å²) in [5, 5.41) is 0.161. The van der Waals surface area contributed by atoms with Gasteiger partial charge in [-0.25, -0.2) is 13.2 Å². The smallest absolute Gasteiger partial charge is 0.183 e. The molecule has 0 unspecified atom stereocenters. The topological polar surface area (TPSA) is 15.8 Å². The van der Waals surface area contributed by atoms with Crippen LogP contribution in [-0.4, -0.2) is 4.98 Å². The first-order valence-electron chi connectivity index (χ1n) is 5.70. The number of halogens is 3. The van der Waals surface area contributed by atoms with Crippen LogP contribution in [0.3, 0.4) is 0 Å². The molecule has 0 aliphatic carbocycles. The summed E-state index contributed by atoms with van der Waals surface area (Å²) in [6.07, 6.45) is 2.08. The van der Waals surface area contributed by atoms with E-state index in [9.17, 15) is 13.2 Å². The van der Waals surface area contributed by atoms with Crippen LogP contribution in [0.5, 0.6) is 0 Å². The molecule has 0 atom stereocenters. The maximum Gasteiger partial charge on any atom is 0.183 e. The molecule has 0 saturated heterocycles. The summed E-state index contributed by atoms with van der Waals surface area (Å²) < 4.78 is 40.3.